The average Bonchev–Trinajstić information content (AvgIpc) is 2.91. The standard InChI is InChI=1S/C17H31N3O/c1-5-11-18-16(17(21-4)9-7-10-17)13-15-8-12-20(19-15)14(3)6-2/h8,12,14,16,18H,5-7,9-11,13H2,1-4H3. The van der Waals surface area contributed by atoms with Crippen LogP contribution in [0.1, 0.15) is 64.6 Å². The van der Waals surface area contributed by atoms with E-state index in [1.165, 1.54) is 12.1 Å². The lowest BCUT2D eigenvalue weighted by Crippen LogP contribution is -2.57. The van der Waals surface area contributed by atoms with Crippen molar-refractivity contribution in [2.24, 2.45) is 0 Å². The molecular weight excluding hydrogens is 262 g/mol. The van der Waals surface area contributed by atoms with Gasteiger partial charge in [-0.25, -0.2) is 0 Å². The smallest absolute Gasteiger partial charge is 0.0834 e. The highest BCUT2D eigenvalue weighted by atomic mass is 16.5. The zero-order chi connectivity index (χ0) is 15.3. The molecule has 4 nitrogen and oxygen atoms in total. The fourth-order valence-corrected chi connectivity index (χ4v) is 3.11. The van der Waals surface area contributed by atoms with E-state index in [0.29, 0.717) is 12.1 Å². The molecule has 0 spiro atoms. The van der Waals surface area contributed by atoms with Gasteiger partial charge < -0.3 is 10.1 Å². The second-order valence-electron chi connectivity index (χ2n) is 6.38. The van der Waals surface area contributed by atoms with Gasteiger partial charge in [0.15, 0.2) is 0 Å². The van der Waals surface area contributed by atoms with Crippen LogP contribution in [0, 0.1) is 0 Å². The molecule has 0 bridgehead atoms. The molecular formula is C17H31N3O. The molecule has 1 aromatic rings. The predicted molar refractivity (Wildman–Crippen MR) is 86.6 cm³/mol. The third-order valence-corrected chi connectivity index (χ3v) is 5.00. The van der Waals surface area contributed by atoms with E-state index >= 15 is 0 Å². The van der Waals surface area contributed by atoms with Gasteiger partial charge in [-0.05, 0) is 51.6 Å². The highest BCUT2D eigenvalue weighted by Gasteiger charge is 2.44. The van der Waals surface area contributed by atoms with Gasteiger partial charge in [0.25, 0.3) is 0 Å². The quantitative estimate of drug-likeness (QED) is 0.759. The van der Waals surface area contributed by atoms with Crippen molar-refractivity contribution < 1.29 is 4.74 Å². The van der Waals surface area contributed by atoms with Crippen molar-refractivity contribution in [3.8, 4) is 0 Å². The van der Waals surface area contributed by atoms with Gasteiger partial charge in [0.05, 0.1) is 11.3 Å². The SMILES string of the molecule is CCCNC(Cc1ccn(C(C)CC)n1)C1(OC)CCC1. The van der Waals surface area contributed by atoms with Gasteiger partial charge in [-0.3, -0.25) is 4.68 Å². The number of nitrogens with zero attached hydrogens (tertiary/aromatic N) is 2. The molecule has 1 fully saturated rings. The van der Waals surface area contributed by atoms with Crippen LogP contribution in [0.25, 0.3) is 0 Å². The van der Waals surface area contributed by atoms with Crippen molar-refractivity contribution in [2.45, 2.75) is 77.0 Å². The Bertz CT molecular complexity index is 420. The number of methoxy groups -OCH3 is 1. The molecule has 2 rings (SSSR count). The monoisotopic (exact) mass is 293 g/mol. The predicted octanol–water partition coefficient (Wildman–Crippen LogP) is 3.33. The molecule has 0 amide bonds. The van der Waals surface area contributed by atoms with Crippen LogP contribution in [0.2, 0.25) is 0 Å². The molecule has 0 aromatic carbocycles. The second-order valence-corrected chi connectivity index (χ2v) is 6.38. The Kier molecular flexibility index (Phi) is 5.82. The highest BCUT2D eigenvalue weighted by Crippen LogP contribution is 2.39. The summed E-state index contributed by atoms with van der Waals surface area (Å²) in [6.07, 6.45) is 8.93. The Morgan fingerprint density at radius 3 is 2.71 bits per heavy atom. The Balaban J connectivity index is 2.05. The number of aromatic nitrogens is 2. The van der Waals surface area contributed by atoms with Crippen LogP contribution in [-0.4, -0.2) is 35.1 Å². The molecule has 1 aliphatic rings. The fraction of sp³-hybridized carbons (Fsp3) is 0.824. The largest absolute Gasteiger partial charge is 0.377 e. The lowest BCUT2D eigenvalue weighted by Gasteiger charge is -2.46. The Morgan fingerprint density at radius 1 is 1.43 bits per heavy atom. The highest BCUT2D eigenvalue weighted by molar-refractivity contribution is 5.09. The minimum Gasteiger partial charge on any atom is -0.377 e. The number of hydrogen-bond acceptors (Lipinski definition) is 3. The first-order chi connectivity index (χ1) is 10.1. The van der Waals surface area contributed by atoms with Crippen molar-refractivity contribution in [3.63, 3.8) is 0 Å². The normalized spacial score (nSPS) is 20.0. The summed E-state index contributed by atoms with van der Waals surface area (Å²) in [4.78, 5) is 0. The van der Waals surface area contributed by atoms with Crippen molar-refractivity contribution in [3.05, 3.63) is 18.0 Å². The van der Waals surface area contributed by atoms with E-state index in [1.54, 1.807) is 0 Å². The van der Waals surface area contributed by atoms with E-state index in [-0.39, 0.29) is 5.60 Å². The summed E-state index contributed by atoms with van der Waals surface area (Å²) >= 11 is 0. The van der Waals surface area contributed by atoms with Gasteiger partial charge in [-0.15, -0.1) is 0 Å². The van der Waals surface area contributed by atoms with Crippen LogP contribution in [0.3, 0.4) is 0 Å². The lowest BCUT2D eigenvalue weighted by atomic mass is 9.73. The van der Waals surface area contributed by atoms with Gasteiger partial charge in [0, 0.05) is 31.8 Å². The second kappa shape index (κ2) is 7.41. The molecule has 1 heterocycles. The lowest BCUT2D eigenvalue weighted by molar-refractivity contribution is -0.0982. The van der Waals surface area contributed by atoms with E-state index < -0.39 is 0 Å². The maximum atomic E-state index is 5.88. The summed E-state index contributed by atoms with van der Waals surface area (Å²) in [7, 11) is 1.86. The van der Waals surface area contributed by atoms with Gasteiger partial charge in [0.2, 0.25) is 0 Å². The van der Waals surface area contributed by atoms with Crippen LogP contribution < -0.4 is 5.32 Å². The third-order valence-electron chi connectivity index (χ3n) is 5.00. The van der Waals surface area contributed by atoms with E-state index in [4.69, 9.17) is 9.84 Å². The summed E-state index contributed by atoms with van der Waals surface area (Å²) in [6.45, 7) is 7.67. The van der Waals surface area contributed by atoms with E-state index in [9.17, 15) is 0 Å². The summed E-state index contributed by atoms with van der Waals surface area (Å²) in [5.74, 6) is 0. The molecule has 1 saturated carbocycles. The van der Waals surface area contributed by atoms with Gasteiger partial charge in [0.1, 0.15) is 0 Å². The molecule has 0 radical (unpaired) electrons. The molecule has 120 valence electrons. The van der Waals surface area contributed by atoms with Crippen LogP contribution in [-0.2, 0) is 11.2 Å². The maximum Gasteiger partial charge on any atom is 0.0834 e. The molecule has 1 N–H and O–H groups in total. The minimum absolute atomic E-state index is 0.0231. The Hall–Kier alpha value is -0.870. The number of hydrogen-bond donors (Lipinski definition) is 1. The molecule has 1 aromatic heterocycles. The van der Waals surface area contributed by atoms with Crippen molar-refractivity contribution in [1.29, 1.82) is 0 Å². The summed E-state index contributed by atoms with van der Waals surface area (Å²) < 4.78 is 7.97. The molecule has 0 aliphatic heterocycles. The van der Waals surface area contributed by atoms with Gasteiger partial charge in [-0.2, -0.15) is 5.10 Å². The van der Waals surface area contributed by atoms with Gasteiger partial charge >= 0.3 is 0 Å². The summed E-state index contributed by atoms with van der Waals surface area (Å²) in [6, 6.07) is 3.01. The zero-order valence-electron chi connectivity index (χ0n) is 14.1. The topological polar surface area (TPSA) is 39.1 Å². The number of nitrogens with one attached hydrogen (secondary N) is 1. The molecule has 0 saturated heterocycles. The fourth-order valence-electron chi connectivity index (χ4n) is 3.11. The van der Waals surface area contributed by atoms with Crippen LogP contribution in [0.15, 0.2) is 12.3 Å². The first-order valence-electron chi connectivity index (χ1n) is 8.47. The molecule has 2 atom stereocenters. The maximum absolute atomic E-state index is 5.88. The Morgan fingerprint density at radius 2 is 2.19 bits per heavy atom. The van der Waals surface area contributed by atoms with Crippen LogP contribution >= 0.6 is 0 Å². The molecule has 1 aliphatic carbocycles. The average molecular weight is 293 g/mol. The van der Waals surface area contributed by atoms with E-state index in [1.807, 2.05) is 7.11 Å². The zero-order valence-corrected chi connectivity index (χ0v) is 14.1. The number of ether oxygens (including phenoxy) is 1. The number of rotatable bonds is 9. The molecule has 4 heteroatoms. The molecule has 21 heavy (non-hydrogen) atoms. The summed E-state index contributed by atoms with van der Waals surface area (Å²) in [5, 5.41) is 8.45. The molecule has 2 unspecified atom stereocenters. The van der Waals surface area contributed by atoms with E-state index in [0.717, 1.165) is 38.6 Å². The third kappa shape index (κ3) is 3.67. The first-order valence-corrected chi connectivity index (χ1v) is 8.47. The van der Waals surface area contributed by atoms with Crippen LogP contribution in [0.4, 0.5) is 0 Å². The van der Waals surface area contributed by atoms with Crippen molar-refractivity contribution in [1.82, 2.24) is 15.1 Å². The van der Waals surface area contributed by atoms with Crippen LogP contribution in [0.5, 0.6) is 0 Å². The first kappa shape index (κ1) is 16.5. The minimum atomic E-state index is 0.0231. The van der Waals surface area contributed by atoms with Crippen molar-refractivity contribution in [2.75, 3.05) is 13.7 Å². The van der Waals surface area contributed by atoms with Crippen molar-refractivity contribution >= 4 is 0 Å². The summed E-state index contributed by atoms with van der Waals surface area (Å²) in [5.41, 5.74) is 1.20. The Labute approximate surface area is 129 Å². The van der Waals surface area contributed by atoms with E-state index in [2.05, 4.69) is 43.0 Å². The van der Waals surface area contributed by atoms with Gasteiger partial charge in [-0.1, -0.05) is 13.8 Å².